The summed E-state index contributed by atoms with van der Waals surface area (Å²) >= 11 is 0. The van der Waals surface area contributed by atoms with Crippen LogP contribution < -0.4 is 5.32 Å². The van der Waals surface area contributed by atoms with Gasteiger partial charge in [-0.3, -0.25) is 9.59 Å². The number of amides is 3. The van der Waals surface area contributed by atoms with Crippen LogP contribution in [0.4, 0.5) is 4.79 Å². The molecule has 0 aromatic rings. The molecule has 0 spiro atoms. The smallest absolute Gasteiger partial charge is 0.320 e. The second-order valence-corrected chi connectivity index (χ2v) is 5.73. The molecule has 0 unspecified atom stereocenters. The summed E-state index contributed by atoms with van der Waals surface area (Å²) in [5.74, 6) is -0.356. The number of carbonyl (C=O) groups is 3. The molecule has 118 valence electrons. The minimum Gasteiger partial charge on any atom is -0.481 e. The molecule has 2 saturated heterocycles. The average molecular weight is 297 g/mol. The lowest BCUT2D eigenvalue weighted by Crippen LogP contribution is -2.47. The van der Waals surface area contributed by atoms with Crippen LogP contribution >= 0.6 is 0 Å². The summed E-state index contributed by atoms with van der Waals surface area (Å²) in [5.41, 5.74) is 0. The van der Waals surface area contributed by atoms with Crippen molar-refractivity contribution in [1.29, 1.82) is 0 Å². The highest BCUT2D eigenvalue weighted by Gasteiger charge is 2.27. The zero-order valence-electron chi connectivity index (χ0n) is 12.2. The van der Waals surface area contributed by atoms with Gasteiger partial charge in [0, 0.05) is 45.6 Å². The largest absolute Gasteiger partial charge is 0.481 e. The van der Waals surface area contributed by atoms with E-state index in [2.05, 4.69) is 5.32 Å². The lowest BCUT2D eigenvalue weighted by Gasteiger charge is -2.35. The molecule has 0 bridgehead atoms. The van der Waals surface area contributed by atoms with Crippen LogP contribution in [0, 0.1) is 5.92 Å². The summed E-state index contributed by atoms with van der Waals surface area (Å²) in [7, 11) is 0. The normalized spacial score (nSPS) is 20.9. The van der Waals surface area contributed by atoms with E-state index in [0.717, 1.165) is 12.8 Å². The Morgan fingerprint density at radius 1 is 1.14 bits per heavy atom. The van der Waals surface area contributed by atoms with Crippen molar-refractivity contribution in [2.75, 3.05) is 32.7 Å². The van der Waals surface area contributed by atoms with Crippen LogP contribution in [0.5, 0.6) is 0 Å². The Balaban J connectivity index is 1.77. The fourth-order valence-electron chi connectivity index (χ4n) is 2.90. The third-order valence-corrected chi connectivity index (χ3v) is 4.23. The van der Waals surface area contributed by atoms with Gasteiger partial charge >= 0.3 is 12.0 Å². The highest BCUT2D eigenvalue weighted by molar-refractivity contribution is 5.79. The van der Waals surface area contributed by atoms with E-state index in [1.54, 1.807) is 4.90 Å². The molecule has 2 aliphatic heterocycles. The molecule has 7 heteroatoms. The number of hydrogen-bond acceptors (Lipinski definition) is 3. The van der Waals surface area contributed by atoms with E-state index in [1.165, 1.54) is 0 Å². The molecule has 2 N–H and O–H groups in total. The second kappa shape index (κ2) is 7.28. The highest BCUT2D eigenvalue weighted by atomic mass is 16.4. The Labute approximate surface area is 124 Å². The van der Waals surface area contributed by atoms with E-state index in [4.69, 9.17) is 5.11 Å². The van der Waals surface area contributed by atoms with E-state index >= 15 is 0 Å². The molecule has 2 heterocycles. The second-order valence-electron chi connectivity index (χ2n) is 5.73. The molecule has 0 saturated carbocycles. The van der Waals surface area contributed by atoms with Gasteiger partial charge < -0.3 is 20.2 Å². The SMILES string of the molecule is O=C(O)CCC1CCN(C(=O)N2CCNC(=O)CC2)CC1. The number of nitrogens with zero attached hydrogens (tertiary/aromatic N) is 2. The molecule has 21 heavy (non-hydrogen) atoms. The number of urea groups is 1. The number of hydrogen-bond donors (Lipinski definition) is 2. The van der Waals surface area contributed by atoms with Crippen molar-refractivity contribution < 1.29 is 19.5 Å². The lowest BCUT2D eigenvalue weighted by atomic mass is 9.92. The number of carboxylic acids is 1. The Morgan fingerprint density at radius 3 is 2.48 bits per heavy atom. The fourth-order valence-corrected chi connectivity index (χ4v) is 2.90. The predicted molar refractivity (Wildman–Crippen MR) is 75.8 cm³/mol. The van der Waals surface area contributed by atoms with Crippen molar-refractivity contribution in [2.24, 2.45) is 5.92 Å². The van der Waals surface area contributed by atoms with Crippen LogP contribution in [-0.2, 0) is 9.59 Å². The first-order valence-corrected chi connectivity index (χ1v) is 7.58. The Morgan fingerprint density at radius 2 is 1.81 bits per heavy atom. The van der Waals surface area contributed by atoms with Crippen LogP contribution in [-0.4, -0.2) is 65.5 Å². The van der Waals surface area contributed by atoms with E-state index in [-0.39, 0.29) is 18.4 Å². The predicted octanol–water partition coefficient (Wildman–Crippen LogP) is 0.505. The van der Waals surface area contributed by atoms with E-state index < -0.39 is 5.97 Å². The summed E-state index contributed by atoms with van der Waals surface area (Å²) in [6.07, 6.45) is 2.99. The molecule has 0 aliphatic carbocycles. The fraction of sp³-hybridized carbons (Fsp3) is 0.786. The van der Waals surface area contributed by atoms with Crippen LogP contribution in [0.2, 0.25) is 0 Å². The monoisotopic (exact) mass is 297 g/mol. The Hall–Kier alpha value is -1.79. The van der Waals surface area contributed by atoms with E-state index in [0.29, 0.717) is 51.5 Å². The minimum absolute atomic E-state index is 0.00215. The van der Waals surface area contributed by atoms with Crippen molar-refractivity contribution >= 4 is 17.9 Å². The first kappa shape index (κ1) is 15.6. The van der Waals surface area contributed by atoms with Gasteiger partial charge in [0.15, 0.2) is 0 Å². The maximum Gasteiger partial charge on any atom is 0.320 e. The van der Waals surface area contributed by atoms with Crippen LogP contribution in [0.1, 0.15) is 32.1 Å². The van der Waals surface area contributed by atoms with Gasteiger partial charge in [-0.2, -0.15) is 0 Å². The third kappa shape index (κ3) is 4.61. The summed E-state index contributed by atoms with van der Waals surface area (Å²) in [6, 6.07) is 0.00295. The maximum atomic E-state index is 12.4. The number of piperidine rings is 1. The minimum atomic E-state index is -0.754. The third-order valence-electron chi connectivity index (χ3n) is 4.23. The molecule has 0 aromatic heterocycles. The van der Waals surface area contributed by atoms with Gasteiger partial charge in [0.25, 0.3) is 0 Å². The van der Waals surface area contributed by atoms with E-state index in [9.17, 15) is 14.4 Å². The average Bonchev–Trinajstić information content (AvgIpc) is 2.69. The van der Waals surface area contributed by atoms with Gasteiger partial charge in [0.05, 0.1) is 0 Å². The van der Waals surface area contributed by atoms with Crippen molar-refractivity contribution in [2.45, 2.75) is 32.1 Å². The zero-order valence-corrected chi connectivity index (χ0v) is 12.2. The molecule has 0 aromatic carbocycles. The van der Waals surface area contributed by atoms with Crippen molar-refractivity contribution in [3.63, 3.8) is 0 Å². The quantitative estimate of drug-likeness (QED) is 0.794. The van der Waals surface area contributed by atoms with Crippen LogP contribution in [0.15, 0.2) is 0 Å². The molecule has 3 amide bonds. The van der Waals surface area contributed by atoms with Gasteiger partial charge in [-0.05, 0) is 25.2 Å². The summed E-state index contributed by atoms with van der Waals surface area (Å²) < 4.78 is 0. The van der Waals surface area contributed by atoms with Crippen molar-refractivity contribution in [1.82, 2.24) is 15.1 Å². The first-order valence-electron chi connectivity index (χ1n) is 7.58. The lowest BCUT2D eigenvalue weighted by molar-refractivity contribution is -0.137. The molecule has 7 nitrogen and oxygen atoms in total. The zero-order chi connectivity index (χ0) is 15.2. The molecule has 0 atom stereocenters. The van der Waals surface area contributed by atoms with Crippen molar-refractivity contribution in [3.8, 4) is 0 Å². The number of carboxylic acid groups (broad SMARTS) is 1. The van der Waals surface area contributed by atoms with Gasteiger partial charge in [-0.25, -0.2) is 4.79 Å². The highest BCUT2D eigenvalue weighted by Crippen LogP contribution is 2.22. The van der Waals surface area contributed by atoms with Crippen LogP contribution in [0.3, 0.4) is 0 Å². The molecular weight excluding hydrogens is 274 g/mol. The standard InChI is InChI=1S/C14H23N3O4/c18-12-5-9-17(10-6-15-12)14(21)16-7-3-11(4-8-16)1-2-13(19)20/h11H,1-10H2,(H,15,18)(H,19,20). The summed E-state index contributed by atoms with van der Waals surface area (Å²) in [5, 5.41) is 11.5. The topological polar surface area (TPSA) is 89.9 Å². The molecule has 2 rings (SSSR count). The number of rotatable bonds is 3. The van der Waals surface area contributed by atoms with Gasteiger partial charge in [0.1, 0.15) is 0 Å². The molecule has 2 aliphatic rings. The van der Waals surface area contributed by atoms with Gasteiger partial charge in [-0.15, -0.1) is 0 Å². The summed E-state index contributed by atoms with van der Waals surface area (Å²) in [6.45, 7) is 2.91. The molecular formula is C14H23N3O4. The number of carbonyl (C=O) groups excluding carboxylic acids is 2. The Kier molecular flexibility index (Phi) is 5.41. The van der Waals surface area contributed by atoms with E-state index in [1.807, 2.05) is 4.90 Å². The van der Waals surface area contributed by atoms with Gasteiger partial charge in [0.2, 0.25) is 5.91 Å². The summed E-state index contributed by atoms with van der Waals surface area (Å²) in [4.78, 5) is 37.8. The first-order chi connectivity index (χ1) is 10.1. The molecule has 0 radical (unpaired) electrons. The maximum absolute atomic E-state index is 12.4. The van der Waals surface area contributed by atoms with Gasteiger partial charge in [-0.1, -0.05) is 0 Å². The Bertz CT molecular complexity index is 405. The number of nitrogens with one attached hydrogen (secondary N) is 1. The number of aliphatic carboxylic acids is 1. The number of likely N-dealkylation sites (tertiary alicyclic amines) is 1. The van der Waals surface area contributed by atoms with Crippen molar-refractivity contribution in [3.05, 3.63) is 0 Å². The van der Waals surface area contributed by atoms with Crippen LogP contribution in [0.25, 0.3) is 0 Å². The molecule has 2 fully saturated rings.